The van der Waals surface area contributed by atoms with Crippen LogP contribution in [0.5, 0.6) is 0 Å². The molecule has 0 aliphatic rings. The molecule has 6 heteroatoms. The van der Waals surface area contributed by atoms with Crippen molar-refractivity contribution >= 4 is 11.6 Å². The van der Waals surface area contributed by atoms with E-state index in [-0.39, 0.29) is 5.69 Å². The van der Waals surface area contributed by atoms with Gasteiger partial charge in [0.1, 0.15) is 11.5 Å². The van der Waals surface area contributed by atoms with Crippen molar-refractivity contribution in [2.75, 3.05) is 11.9 Å². The highest BCUT2D eigenvalue weighted by Gasteiger charge is 2.03. The van der Waals surface area contributed by atoms with Crippen LogP contribution in [0.3, 0.4) is 0 Å². The van der Waals surface area contributed by atoms with Crippen molar-refractivity contribution < 1.29 is 4.79 Å². The van der Waals surface area contributed by atoms with Crippen molar-refractivity contribution in [2.24, 2.45) is 12.8 Å². The number of carbonyl (C=O) groups is 1. The zero-order valence-electron chi connectivity index (χ0n) is 10.1. The third-order valence-electron chi connectivity index (χ3n) is 2.61. The third-order valence-corrected chi connectivity index (χ3v) is 2.61. The van der Waals surface area contributed by atoms with Crippen molar-refractivity contribution in [2.45, 2.75) is 6.42 Å². The first-order valence-electron chi connectivity index (χ1n) is 5.63. The Kier molecular flexibility index (Phi) is 3.57. The van der Waals surface area contributed by atoms with Gasteiger partial charge in [-0.3, -0.25) is 9.78 Å². The monoisotopic (exact) mass is 245 g/mol. The number of aryl methyl sites for hydroxylation is 1. The molecule has 0 spiro atoms. The zero-order chi connectivity index (χ0) is 13.0. The van der Waals surface area contributed by atoms with Crippen LogP contribution in [-0.2, 0) is 13.5 Å². The lowest BCUT2D eigenvalue weighted by Gasteiger charge is -2.07. The van der Waals surface area contributed by atoms with Crippen LogP contribution in [0, 0.1) is 0 Å². The second kappa shape index (κ2) is 5.31. The highest BCUT2D eigenvalue weighted by molar-refractivity contribution is 5.91. The topological polar surface area (TPSA) is 85.8 Å². The maximum Gasteiger partial charge on any atom is 0.267 e. The second-order valence-corrected chi connectivity index (χ2v) is 3.93. The highest BCUT2D eigenvalue weighted by atomic mass is 16.1. The summed E-state index contributed by atoms with van der Waals surface area (Å²) in [5.74, 6) is 0.481. The minimum atomic E-state index is -0.525. The van der Waals surface area contributed by atoms with E-state index in [4.69, 9.17) is 5.73 Å². The number of hydrogen-bond acceptors (Lipinski definition) is 4. The summed E-state index contributed by atoms with van der Waals surface area (Å²) in [5.41, 5.74) is 6.25. The summed E-state index contributed by atoms with van der Waals surface area (Å²) in [6, 6.07) is 3.44. The number of hydrogen-bond donors (Lipinski definition) is 2. The summed E-state index contributed by atoms with van der Waals surface area (Å²) < 4.78 is 1.98. The van der Waals surface area contributed by atoms with E-state index in [0.29, 0.717) is 0 Å². The fourth-order valence-electron chi connectivity index (χ4n) is 1.63. The molecule has 18 heavy (non-hydrogen) atoms. The Morgan fingerprint density at radius 2 is 2.28 bits per heavy atom. The van der Waals surface area contributed by atoms with Gasteiger partial charge in [-0.1, -0.05) is 0 Å². The quantitative estimate of drug-likeness (QED) is 0.806. The molecule has 0 aliphatic heterocycles. The van der Waals surface area contributed by atoms with Crippen molar-refractivity contribution in [3.05, 3.63) is 42.2 Å². The lowest BCUT2D eigenvalue weighted by molar-refractivity contribution is 0.0995. The number of primary amides is 1. The molecule has 0 fully saturated rings. The smallest absolute Gasteiger partial charge is 0.267 e. The summed E-state index contributed by atoms with van der Waals surface area (Å²) in [7, 11) is 1.96. The molecule has 0 aromatic carbocycles. The predicted molar refractivity (Wildman–Crippen MR) is 68.2 cm³/mol. The maximum absolute atomic E-state index is 11.0. The van der Waals surface area contributed by atoms with E-state index in [2.05, 4.69) is 15.3 Å². The Morgan fingerprint density at radius 1 is 1.44 bits per heavy atom. The van der Waals surface area contributed by atoms with Gasteiger partial charge in [0, 0.05) is 44.3 Å². The van der Waals surface area contributed by atoms with E-state index in [9.17, 15) is 4.79 Å². The van der Waals surface area contributed by atoms with Crippen LogP contribution in [0.1, 0.15) is 16.3 Å². The molecular formula is C12H15N5O. The predicted octanol–water partition coefficient (Wildman–Crippen LogP) is 0.569. The second-order valence-electron chi connectivity index (χ2n) is 3.93. The normalized spacial score (nSPS) is 10.3. The van der Waals surface area contributed by atoms with Crippen molar-refractivity contribution in [1.29, 1.82) is 0 Å². The number of pyridine rings is 1. The average Bonchev–Trinajstić information content (AvgIpc) is 2.76. The number of aromatic nitrogens is 3. The molecule has 6 nitrogen and oxygen atoms in total. The number of nitrogens with two attached hydrogens (primary N) is 1. The van der Waals surface area contributed by atoms with Crippen LogP contribution in [0.25, 0.3) is 0 Å². The summed E-state index contributed by atoms with van der Waals surface area (Å²) in [5, 5.41) is 3.20. The van der Waals surface area contributed by atoms with E-state index < -0.39 is 5.91 Å². The third kappa shape index (κ3) is 2.85. The highest BCUT2D eigenvalue weighted by Crippen LogP contribution is 2.07. The summed E-state index contributed by atoms with van der Waals surface area (Å²) in [4.78, 5) is 19.1. The average molecular weight is 245 g/mol. The molecule has 0 radical (unpaired) electrons. The lowest BCUT2D eigenvalue weighted by atomic mass is 10.3. The molecular weight excluding hydrogens is 230 g/mol. The number of nitrogens with zero attached hydrogens (tertiary/aromatic N) is 3. The summed E-state index contributed by atoms with van der Waals surface area (Å²) in [6.07, 6.45) is 6.04. The van der Waals surface area contributed by atoms with Crippen molar-refractivity contribution in [1.82, 2.24) is 14.5 Å². The van der Waals surface area contributed by atoms with Gasteiger partial charge in [-0.25, -0.2) is 4.98 Å². The standard InChI is InChI=1S/C12H15N5O/c1-17-7-6-16-11(17)3-5-14-9-2-4-15-10(8-9)12(13)18/h2,4,6-8H,3,5H2,1H3,(H2,13,18)(H,14,15). The maximum atomic E-state index is 11.0. The Labute approximate surface area is 105 Å². The molecule has 0 atom stereocenters. The van der Waals surface area contributed by atoms with Crippen LogP contribution < -0.4 is 11.1 Å². The van der Waals surface area contributed by atoms with E-state index in [0.717, 1.165) is 24.5 Å². The van der Waals surface area contributed by atoms with Gasteiger partial charge in [0.25, 0.3) is 5.91 Å². The molecule has 2 heterocycles. The molecule has 0 saturated heterocycles. The SMILES string of the molecule is Cn1ccnc1CCNc1ccnc(C(N)=O)c1. The van der Waals surface area contributed by atoms with E-state index in [1.807, 2.05) is 17.8 Å². The first-order chi connectivity index (χ1) is 8.66. The van der Waals surface area contributed by atoms with Gasteiger partial charge in [0.2, 0.25) is 0 Å². The van der Waals surface area contributed by atoms with E-state index >= 15 is 0 Å². The molecule has 0 bridgehead atoms. The van der Waals surface area contributed by atoms with E-state index in [1.165, 1.54) is 0 Å². The Hall–Kier alpha value is -2.37. The largest absolute Gasteiger partial charge is 0.384 e. The van der Waals surface area contributed by atoms with Gasteiger partial charge in [0.05, 0.1) is 0 Å². The Balaban J connectivity index is 1.92. The molecule has 2 rings (SSSR count). The number of carbonyl (C=O) groups excluding carboxylic acids is 1. The molecule has 94 valence electrons. The molecule has 1 amide bonds. The number of rotatable bonds is 5. The molecule has 2 aromatic rings. The minimum absolute atomic E-state index is 0.261. The van der Waals surface area contributed by atoms with Gasteiger partial charge < -0.3 is 15.6 Å². The fraction of sp³-hybridized carbons (Fsp3) is 0.250. The molecule has 0 saturated carbocycles. The minimum Gasteiger partial charge on any atom is -0.384 e. The van der Waals surface area contributed by atoms with E-state index in [1.54, 1.807) is 24.5 Å². The van der Waals surface area contributed by atoms with Gasteiger partial charge in [-0.05, 0) is 12.1 Å². The number of imidazole rings is 1. The van der Waals surface area contributed by atoms with Crippen LogP contribution in [0.15, 0.2) is 30.7 Å². The Morgan fingerprint density at radius 3 is 2.94 bits per heavy atom. The van der Waals surface area contributed by atoms with Gasteiger partial charge in [-0.15, -0.1) is 0 Å². The van der Waals surface area contributed by atoms with Crippen molar-refractivity contribution in [3.63, 3.8) is 0 Å². The fourth-order valence-corrected chi connectivity index (χ4v) is 1.63. The van der Waals surface area contributed by atoms with Crippen LogP contribution in [0.4, 0.5) is 5.69 Å². The number of anilines is 1. The number of nitrogens with one attached hydrogen (secondary N) is 1. The summed E-state index contributed by atoms with van der Waals surface area (Å²) >= 11 is 0. The summed E-state index contributed by atoms with van der Waals surface area (Å²) in [6.45, 7) is 0.729. The van der Waals surface area contributed by atoms with Crippen molar-refractivity contribution in [3.8, 4) is 0 Å². The zero-order valence-corrected chi connectivity index (χ0v) is 10.1. The van der Waals surface area contributed by atoms with Crippen LogP contribution in [0.2, 0.25) is 0 Å². The Bertz CT molecular complexity index is 549. The number of amides is 1. The molecule has 2 aromatic heterocycles. The van der Waals surface area contributed by atoms with Crippen LogP contribution in [-0.4, -0.2) is 27.0 Å². The van der Waals surface area contributed by atoms with Gasteiger partial charge in [-0.2, -0.15) is 0 Å². The lowest BCUT2D eigenvalue weighted by Crippen LogP contribution is -2.14. The molecule has 3 N–H and O–H groups in total. The van der Waals surface area contributed by atoms with Gasteiger partial charge in [0.15, 0.2) is 0 Å². The van der Waals surface area contributed by atoms with Crippen LogP contribution >= 0.6 is 0 Å². The first-order valence-corrected chi connectivity index (χ1v) is 5.63. The molecule has 0 aliphatic carbocycles. The first kappa shape index (κ1) is 12.1. The van der Waals surface area contributed by atoms with Gasteiger partial charge >= 0.3 is 0 Å². The molecule has 0 unspecified atom stereocenters.